The Labute approximate surface area is 139 Å². The van der Waals surface area contributed by atoms with Crippen LogP contribution >= 0.6 is 0 Å². The summed E-state index contributed by atoms with van der Waals surface area (Å²) in [5.41, 5.74) is 3.78. The smallest absolute Gasteiger partial charge is 0.364 e. The molecule has 0 unspecified atom stereocenters. The summed E-state index contributed by atoms with van der Waals surface area (Å²) in [6.07, 6.45) is 0.826. The molecule has 0 aliphatic carbocycles. The van der Waals surface area contributed by atoms with Crippen molar-refractivity contribution in [2.75, 3.05) is 18.5 Å². The van der Waals surface area contributed by atoms with E-state index < -0.39 is 0 Å². The van der Waals surface area contributed by atoms with Gasteiger partial charge in [0.2, 0.25) is 0 Å². The van der Waals surface area contributed by atoms with Gasteiger partial charge in [0.15, 0.2) is 5.65 Å². The van der Waals surface area contributed by atoms with Crippen LogP contribution in [0.1, 0.15) is 23.1 Å². The van der Waals surface area contributed by atoms with Crippen molar-refractivity contribution in [1.29, 1.82) is 0 Å². The van der Waals surface area contributed by atoms with Crippen LogP contribution in [0.5, 0.6) is 5.75 Å². The zero-order valence-corrected chi connectivity index (χ0v) is 14.1. The number of nitrogens with zero attached hydrogens (tertiary/aromatic N) is 3. The van der Waals surface area contributed by atoms with E-state index in [1.54, 1.807) is 12.1 Å². The molecule has 7 heteroatoms. The van der Waals surface area contributed by atoms with Crippen LogP contribution in [-0.4, -0.2) is 33.0 Å². The van der Waals surface area contributed by atoms with Crippen LogP contribution in [-0.2, 0) is 0 Å². The molecule has 0 fully saturated rings. The number of anilines is 1. The summed E-state index contributed by atoms with van der Waals surface area (Å²) in [6.45, 7) is 7.56. The van der Waals surface area contributed by atoms with Crippen LogP contribution in [0.15, 0.2) is 29.1 Å². The molecule has 7 nitrogen and oxygen atoms in total. The van der Waals surface area contributed by atoms with E-state index >= 15 is 0 Å². The number of hydrogen-bond donors (Lipinski definition) is 2. The molecule has 1 aromatic carbocycles. The van der Waals surface area contributed by atoms with E-state index in [-0.39, 0.29) is 5.69 Å². The number of H-pyrrole nitrogens is 1. The van der Waals surface area contributed by atoms with E-state index in [1.807, 2.05) is 0 Å². The van der Waals surface area contributed by atoms with Crippen molar-refractivity contribution < 1.29 is 4.74 Å². The fraction of sp³-hybridized carbons (Fsp3) is 0.353. The Morgan fingerprint density at radius 1 is 1.25 bits per heavy atom. The minimum atomic E-state index is -0.345. The molecule has 2 aromatic heterocycles. The SMILES string of the molecule is Cc1cc(C)c(C)c(OCCCNc2ccc3n[nH]c(=O)n3n2)c1. The molecule has 0 amide bonds. The first kappa shape index (κ1) is 16.0. The second kappa shape index (κ2) is 6.74. The minimum Gasteiger partial charge on any atom is -0.493 e. The van der Waals surface area contributed by atoms with E-state index in [2.05, 4.69) is 53.5 Å². The van der Waals surface area contributed by atoms with Crippen molar-refractivity contribution in [2.45, 2.75) is 27.2 Å². The summed E-state index contributed by atoms with van der Waals surface area (Å²) in [4.78, 5) is 11.5. The minimum absolute atomic E-state index is 0.345. The van der Waals surface area contributed by atoms with E-state index in [4.69, 9.17) is 4.74 Å². The number of benzene rings is 1. The highest BCUT2D eigenvalue weighted by Crippen LogP contribution is 2.23. The molecule has 0 aliphatic rings. The van der Waals surface area contributed by atoms with E-state index in [0.717, 1.165) is 12.2 Å². The van der Waals surface area contributed by atoms with Crippen molar-refractivity contribution in [3.8, 4) is 5.75 Å². The molecular weight excluding hydrogens is 306 g/mol. The molecule has 3 aromatic rings. The van der Waals surface area contributed by atoms with E-state index in [9.17, 15) is 4.79 Å². The largest absolute Gasteiger partial charge is 0.493 e. The van der Waals surface area contributed by atoms with Crippen LogP contribution in [0.4, 0.5) is 5.82 Å². The second-order valence-corrected chi connectivity index (χ2v) is 5.85. The van der Waals surface area contributed by atoms with Crippen molar-refractivity contribution in [2.24, 2.45) is 0 Å². The molecule has 0 spiro atoms. The molecule has 0 radical (unpaired) electrons. The lowest BCUT2D eigenvalue weighted by molar-refractivity contribution is 0.312. The third-order valence-corrected chi connectivity index (χ3v) is 3.92. The van der Waals surface area contributed by atoms with Gasteiger partial charge in [-0.1, -0.05) is 6.07 Å². The van der Waals surface area contributed by atoms with Gasteiger partial charge in [0.25, 0.3) is 0 Å². The van der Waals surface area contributed by atoms with Crippen molar-refractivity contribution in [1.82, 2.24) is 19.8 Å². The molecule has 3 rings (SSSR count). The second-order valence-electron chi connectivity index (χ2n) is 5.85. The van der Waals surface area contributed by atoms with Crippen LogP contribution in [0.3, 0.4) is 0 Å². The maximum absolute atomic E-state index is 11.5. The van der Waals surface area contributed by atoms with Gasteiger partial charge >= 0.3 is 5.69 Å². The number of hydrogen-bond acceptors (Lipinski definition) is 5. The molecule has 24 heavy (non-hydrogen) atoms. The highest BCUT2D eigenvalue weighted by molar-refractivity contribution is 5.43. The average Bonchev–Trinajstić information content (AvgIpc) is 2.92. The van der Waals surface area contributed by atoms with Gasteiger partial charge in [-0.25, -0.2) is 9.89 Å². The maximum atomic E-state index is 11.5. The Morgan fingerprint density at radius 2 is 2.08 bits per heavy atom. The summed E-state index contributed by atoms with van der Waals surface area (Å²) < 4.78 is 7.12. The lowest BCUT2D eigenvalue weighted by Crippen LogP contribution is -2.15. The highest BCUT2D eigenvalue weighted by Gasteiger charge is 2.05. The monoisotopic (exact) mass is 327 g/mol. The van der Waals surface area contributed by atoms with E-state index in [1.165, 1.54) is 21.2 Å². The van der Waals surface area contributed by atoms with E-state index in [0.29, 0.717) is 24.6 Å². The summed E-state index contributed by atoms with van der Waals surface area (Å²) in [6, 6.07) is 7.76. The first-order valence-electron chi connectivity index (χ1n) is 7.93. The average molecular weight is 327 g/mol. The standard InChI is InChI=1S/C17H21N5O2/c1-11-9-12(2)13(3)14(10-11)24-8-4-7-18-15-5-6-16-19-20-17(23)22(16)21-15/h5-6,9-10H,4,7-8H2,1-3H3,(H,18,21)(H,20,23). The van der Waals surface area contributed by atoms with Gasteiger partial charge in [0.05, 0.1) is 6.61 Å². The summed E-state index contributed by atoms with van der Waals surface area (Å²) in [5.74, 6) is 1.57. The van der Waals surface area contributed by atoms with Gasteiger partial charge in [0.1, 0.15) is 11.6 Å². The number of nitrogens with one attached hydrogen (secondary N) is 2. The molecule has 0 saturated carbocycles. The topological polar surface area (TPSA) is 84.3 Å². The Morgan fingerprint density at radius 3 is 2.92 bits per heavy atom. The van der Waals surface area contributed by atoms with Crippen LogP contribution in [0.2, 0.25) is 0 Å². The zero-order valence-electron chi connectivity index (χ0n) is 14.1. The lowest BCUT2D eigenvalue weighted by Gasteiger charge is -2.12. The predicted octanol–water partition coefficient (Wildman–Crippen LogP) is 2.22. The van der Waals surface area contributed by atoms with Crippen molar-refractivity contribution in [3.05, 3.63) is 51.4 Å². The third-order valence-electron chi connectivity index (χ3n) is 3.92. The normalized spacial score (nSPS) is 11.0. The number of ether oxygens (including phenoxy) is 1. The van der Waals surface area contributed by atoms with Crippen LogP contribution in [0.25, 0.3) is 5.65 Å². The van der Waals surface area contributed by atoms with Gasteiger partial charge < -0.3 is 10.1 Å². The van der Waals surface area contributed by atoms with Crippen LogP contribution in [0, 0.1) is 20.8 Å². The first-order chi connectivity index (χ1) is 11.5. The molecule has 0 bridgehead atoms. The maximum Gasteiger partial charge on any atom is 0.364 e. The first-order valence-corrected chi connectivity index (χ1v) is 7.93. The number of aromatic amines is 1. The highest BCUT2D eigenvalue weighted by atomic mass is 16.5. The summed E-state index contributed by atoms with van der Waals surface area (Å²) >= 11 is 0. The number of rotatable bonds is 6. The summed E-state index contributed by atoms with van der Waals surface area (Å²) in [7, 11) is 0. The van der Waals surface area contributed by atoms with Crippen LogP contribution < -0.4 is 15.7 Å². The fourth-order valence-electron chi connectivity index (χ4n) is 2.52. The Hall–Kier alpha value is -2.83. The molecule has 0 saturated heterocycles. The Balaban J connectivity index is 1.52. The number of aryl methyl sites for hydroxylation is 2. The molecule has 126 valence electrons. The zero-order chi connectivity index (χ0) is 17.1. The molecule has 2 heterocycles. The Kier molecular flexibility index (Phi) is 4.50. The lowest BCUT2D eigenvalue weighted by atomic mass is 10.1. The fourth-order valence-corrected chi connectivity index (χ4v) is 2.52. The van der Waals surface area contributed by atoms with Crippen molar-refractivity contribution >= 4 is 11.5 Å². The number of aromatic nitrogens is 4. The van der Waals surface area contributed by atoms with Gasteiger partial charge in [-0.15, -0.1) is 5.10 Å². The third kappa shape index (κ3) is 3.40. The van der Waals surface area contributed by atoms with Gasteiger partial charge in [0, 0.05) is 6.54 Å². The van der Waals surface area contributed by atoms with Gasteiger partial charge in [-0.05, 0) is 62.1 Å². The predicted molar refractivity (Wildman–Crippen MR) is 92.9 cm³/mol. The molecule has 0 atom stereocenters. The number of fused-ring (bicyclic) bond motifs is 1. The van der Waals surface area contributed by atoms with Gasteiger partial charge in [-0.2, -0.15) is 9.61 Å². The molecular formula is C17H21N5O2. The Bertz CT molecular complexity index is 913. The molecule has 2 N–H and O–H groups in total. The molecule has 0 aliphatic heterocycles. The summed E-state index contributed by atoms with van der Waals surface area (Å²) in [5, 5.41) is 13.6. The van der Waals surface area contributed by atoms with Gasteiger partial charge in [-0.3, -0.25) is 0 Å². The quantitative estimate of drug-likeness (QED) is 0.678. The van der Waals surface area contributed by atoms with Crippen molar-refractivity contribution in [3.63, 3.8) is 0 Å².